The van der Waals surface area contributed by atoms with Crippen molar-refractivity contribution in [2.45, 2.75) is 19.5 Å². The van der Waals surface area contributed by atoms with Gasteiger partial charge >= 0.3 is 0 Å². The largest absolute Gasteiger partial charge is 0.314 e. The molecule has 5 nitrogen and oxygen atoms in total. The first-order valence-corrected chi connectivity index (χ1v) is 10.4. The van der Waals surface area contributed by atoms with Crippen molar-refractivity contribution in [2.75, 3.05) is 26.2 Å². The molecule has 6 heteroatoms. The average molecular weight is 407 g/mol. The number of aliphatic imine (C=N–C) groups is 1. The van der Waals surface area contributed by atoms with Crippen LogP contribution in [0.15, 0.2) is 70.9 Å². The first-order chi connectivity index (χ1) is 14.2. The van der Waals surface area contributed by atoms with Gasteiger partial charge in [-0.15, -0.1) is 0 Å². The Morgan fingerprint density at radius 3 is 2.62 bits per heavy atom. The summed E-state index contributed by atoms with van der Waals surface area (Å²) < 4.78 is 0. The Morgan fingerprint density at radius 2 is 1.79 bits per heavy atom. The summed E-state index contributed by atoms with van der Waals surface area (Å²) >= 11 is 6.16. The number of hydrogen-bond acceptors (Lipinski definition) is 4. The van der Waals surface area contributed by atoms with Gasteiger partial charge in [0, 0.05) is 43.3 Å². The van der Waals surface area contributed by atoms with E-state index in [2.05, 4.69) is 39.1 Å². The van der Waals surface area contributed by atoms with Gasteiger partial charge in [0.1, 0.15) is 0 Å². The van der Waals surface area contributed by atoms with E-state index in [1.165, 1.54) is 5.56 Å². The maximum atomic E-state index is 13.5. The third kappa shape index (κ3) is 3.56. The van der Waals surface area contributed by atoms with Crippen LogP contribution in [-0.4, -0.2) is 52.7 Å². The zero-order chi connectivity index (χ0) is 19.8. The lowest BCUT2D eigenvalue weighted by molar-refractivity contribution is -0.125. The van der Waals surface area contributed by atoms with Crippen LogP contribution in [0.5, 0.6) is 0 Å². The number of carbonyl (C=O) groups is 1. The Morgan fingerprint density at radius 1 is 0.966 bits per heavy atom. The number of nitrogens with zero attached hydrogens (tertiary/aromatic N) is 4. The van der Waals surface area contributed by atoms with E-state index in [0.29, 0.717) is 18.1 Å². The van der Waals surface area contributed by atoms with E-state index in [4.69, 9.17) is 11.6 Å². The van der Waals surface area contributed by atoms with Gasteiger partial charge in [-0.05, 0) is 23.3 Å². The SMILES string of the molecule is O=C1C2=C(CCN(Cc3ccccc3)C2)N2CCN=C2N1Cc1cccc(Cl)c1. The summed E-state index contributed by atoms with van der Waals surface area (Å²) in [6.45, 7) is 4.58. The van der Waals surface area contributed by atoms with Gasteiger partial charge in [0.2, 0.25) is 5.96 Å². The Kier molecular flexibility index (Phi) is 4.86. The number of halogens is 1. The number of amides is 1. The minimum Gasteiger partial charge on any atom is -0.314 e. The van der Waals surface area contributed by atoms with E-state index in [1.54, 1.807) is 0 Å². The summed E-state index contributed by atoms with van der Waals surface area (Å²) in [4.78, 5) is 24.6. The third-order valence-electron chi connectivity index (χ3n) is 5.76. The number of fused-ring (bicyclic) bond motifs is 2. The second-order valence-corrected chi connectivity index (χ2v) is 8.16. The molecule has 29 heavy (non-hydrogen) atoms. The molecule has 0 atom stereocenters. The fraction of sp³-hybridized carbons (Fsp3) is 0.304. The van der Waals surface area contributed by atoms with Crippen molar-refractivity contribution in [3.05, 3.63) is 82.0 Å². The smallest absolute Gasteiger partial charge is 0.259 e. The molecule has 148 valence electrons. The van der Waals surface area contributed by atoms with Crippen molar-refractivity contribution < 1.29 is 4.79 Å². The second kappa shape index (κ2) is 7.65. The molecule has 2 aromatic rings. The van der Waals surface area contributed by atoms with E-state index in [0.717, 1.165) is 55.4 Å². The lowest BCUT2D eigenvalue weighted by Crippen LogP contribution is -2.53. The van der Waals surface area contributed by atoms with Crippen LogP contribution >= 0.6 is 11.6 Å². The highest BCUT2D eigenvalue weighted by Gasteiger charge is 2.40. The quantitative estimate of drug-likeness (QED) is 0.780. The van der Waals surface area contributed by atoms with Crippen molar-refractivity contribution >= 4 is 23.5 Å². The molecule has 3 heterocycles. The zero-order valence-corrected chi connectivity index (χ0v) is 17.0. The number of benzene rings is 2. The van der Waals surface area contributed by atoms with Gasteiger partial charge < -0.3 is 4.90 Å². The van der Waals surface area contributed by atoms with Crippen molar-refractivity contribution in [1.82, 2.24) is 14.7 Å². The van der Waals surface area contributed by atoms with E-state index < -0.39 is 0 Å². The van der Waals surface area contributed by atoms with Crippen LogP contribution in [0.2, 0.25) is 5.02 Å². The molecule has 2 aromatic carbocycles. The Labute approximate surface area is 175 Å². The fourth-order valence-electron chi connectivity index (χ4n) is 4.41. The summed E-state index contributed by atoms with van der Waals surface area (Å²) in [6.07, 6.45) is 0.887. The molecule has 0 bridgehead atoms. The molecule has 0 N–H and O–H groups in total. The van der Waals surface area contributed by atoms with Crippen molar-refractivity contribution in [3.63, 3.8) is 0 Å². The van der Waals surface area contributed by atoms with Crippen LogP contribution in [0.1, 0.15) is 17.5 Å². The molecule has 0 aromatic heterocycles. The molecular formula is C23H23ClN4O. The van der Waals surface area contributed by atoms with Gasteiger partial charge in [-0.2, -0.15) is 0 Å². The molecule has 0 unspecified atom stereocenters. The average Bonchev–Trinajstić information content (AvgIpc) is 3.22. The van der Waals surface area contributed by atoms with Gasteiger partial charge in [-0.25, -0.2) is 0 Å². The molecule has 3 aliphatic rings. The highest BCUT2D eigenvalue weighted by Crippen LogP contribution is 2.32. The van der Waals surface area contributed by atoms with Crippen molar-refractivity contribution in [3.8, 4) is 0 Å². The number of rotatable bonds is 4. The fourth-order valence-corrected chi connectivity index (χ4v) is 4.62. The minimum atomic E-state index is 0.0784. The van der Waals surface area contributed by atoms with Crippen LogP contribution in [0.25, 0.3) is 0 Å². The van der Waals surface area contributed by atoms with Gasteiger partial charge in [0.05, 0.1) is 18.7 Å². The summed E-state index contributed by atoms with van der Waals surface area (Å²) in [5, 5.41) is 0.684. The standard InChI is InChI=1S/C23H23ClN4O/c24-19-8-4-7-18(13-19)15-28-22(29)20-16-26(14-17-5-2-1-3-6-17)11-9-21(20)27-12-10-25-23(27)28/h1-8,13H,9-12,14-16H2. The van der Waals surface area contributed by atoms with E-state index >= 15 is 0 Å². The lowest BCUT2D eigenvalue weighted by atomic mass is 10.00. The Bertz CT molecular complexity index is 1000. The van der Waals surface area contributed by atoms with Gasteiger partial charge in [0.15, 0.2) is 0 Å². The summed E-state index contributed by atoms with van der Waals surface area (Å²) in [5.74, 6) is 0.875. The zero-order valence-electron chi connectivity index (χ0n) is 16.2. The molecule has 0 saturated carbocycles. The number of carbonyl (C=O) groups excluding carboxylic acids is 1. The Hall–Kier alpha value is -2.63. The molecule has 0 aliphatic carbocycles. The summed E-state index contributed by atoms with van der Waals surface area (Å²) in [6, 6.07) is 18.1. The van der Waals surface area contributed by atoms with Crippen LogP contribution in [0.3, 0.4) is 0 Å². The van der Waals surface area contributed by atoms with E-state index in [9.17, 15) is 4.79 Å². The topological polar surface area (TPSA) is 39.2 Å². The third-order valence-corrected chi connectivity index (χ3v) is 6.00. The lowest BCUT2D eigenvalue weighted by Gasteiger charge is -2.42. The van der Waals surface area contributed by atoms with E-state index in [1.807, 2.05) is 35.2 Å². The second-order valence-electron chi connectivity index (χ2n) is 7.73. The highest BCUT2D eigenvalue weighted by atomic mass is 35.5. The van der Waals surface area contributed by atoms with Crippen LogP contribution in [-0.2, 0) is 17.9 Å². The van der Waals surface area contributed by atoms with Crippen LogP contribution < -0.4 is 0 Å². The van der Waals surface area contributed by atoms with Crippen molar-refractivity contribution in [1.29, 1.82) is 0 Å². The van der Waals surface area contributed by atoms with Gasteiger partial charge in [-0.1, -0.05) is 54.1 Å². The predicted octanol–water partition coefficient (Wildman–Crippen LogP) is 3.51. The molecule has 0 spiro atoms. The monoisotopic (exact) mass is 406 g/mol. The molecule has 0 saturated heterocycles. The van der Waals surface area contributed by atoms with E-state index in [-0.39, 0.29) is 5.91 Å². The number of guanidine groups is 1. The first-order valence-electron chi connectivity index (χ1n) is 10.1. The molecular weight excluding hydrogens is 384 g/mol. The molecule has 5 rings (SSSR count). The summed E-state index contributed by atoms with van der Waals surface area (Å²) in [7, 11) is 0. The first kappa shape index (κ1) is 18.4. The maximum absolute atomic E-state index is 13.5. The van der Waals surface area contributed by atoms with Gasteiger partial charge in [-0.3, -0.25) is 19.6 Å². The highest BCUT2D eigenvalue weighted by molar-refractivity contribution is 6.30. The maximum Gasteiger partial charge on any atom is 0.259 e. The van der Waals surface area contributed by atoms with Crippen LogP contribution in [0, 0.1) is 0 Å². The summed E-state index contributed by atoms with van der Waals surface area (Å²) in [5.41, 5.74) is 4.37. The molecule has 0 radical (unpaired) electrons. The van der Waals surface area contributed by atoms with Crippen LogP contribution in [0.4, 0.5) is 0 Å². The normalized spacial score (nSPS) is 19.3. The number of hydrogen-bond donors (Lipinski definition) is 0. The van der Waals surface area contributed by atoms with Crippen molar-refractivity contribution in [2.24, 2.45) is 4.99 Å². The molecule has 0 fully saturated rings. The Balaban J connectivity index is 1.41. The predicted molar refractivity (Wildman–Crippen MR) is 114 cm³/mol. The molecule has 3 aliphatic heterocycles. The minimum absolute atomic E-state index is 0.0784. The van der Waals surface area contributed by atoms with Gasteiger partial charge in [0.25, 0.3) is 5.91 Å². The molecule has 1 amide bonds.